The molecule has 0 saturated heterocycles. The highest BCUT2D eigenvalue weighted by Gasteiger charge is 2.41. The molecule has 1 saturated carbocycles. The van der Waals surface area contributed by atoms with Gasteiger partial charge in [0, 0.05) is 6.04 Å². The molecule has 0 spiro atoms. The number of fused-ring (bicyclic) bond motifs is 3. The van der Waals surface area contributed by atoms with Crippen molar-refractivity contribution in [2.45, 2.75) is 36.6 Å². The number of sulfonamides is 1. The highest BCUT2D eigenvalue weighted by Crippen LogP contribution is 2.40. The smallest absolute Gasteiger partial charge is 0.207 e. The van der Waals surface area contributed by atoms with Gasteiger partial charge in [0.2, 0.25) is 10.0 Å². The Labute approximate surface area is 150 Å². The van der Waals surface area contributed by atoms with Crippen LogP contribution >= 0.6 is 0 Å². The van der Waals surface area contributed by atoms with Crippen molar-refractivity contribution in [2.75, 3.05) is 0 Å². The van der Waals surface area contributed by atoms with Crippen LogP contribution in [0.3, 0.4) is 0 Å². The summed E-state index contributed by atoms with van der Waals surface area (Å²) >= 11 is 0. The van der Waals surface area contributed by atoms with Crippen LogP contribution < -0.4 is 4.72 Å². The standard InChI is InChI=1S/C19H18F3NO2S/c20-15-7-8-16(18(22)17(15)21)26(24,25)23-19-13-5-6-14(19)10-12-4-2-1-3-11(12)9-13/h1-4,7-8,13-14,19,23H,5-6,9-10H2. The minimum Gasteiger partial charge on any atom is -0.207 e. The van der Waals surface area contributed by atoms with Gasteiger partial charge in [-0.3, -0.25) is 0 Å². The topological polar surface area (TPSA) is 46.2 Å². The van der Waals surface area contributed by atoms with Crippen LogP contribution in [0.5, 0.6) is 0 Å². The molecule has 4 rings (SSSR count). The fraction of sp³-hybridized carbons (Fsp3) is 0.368. The van der Waals surface area contributed by atoms with E-state index in [1.54, 1.807) is 0 Å². The summed E-state index contributed by atoms with van der Waals surface area (Å²) in [7, 11) is -4.29. The number of benzene rings is 2. The fourth-order valence-corrected chi connectivity index (χ4v) is 5.74. The van der Waals surface area contributed by atoms with Crippen LogP contribution in [0.2, 0.25) is 0 Å². The lowest BCUT2D eigenvalue weighted by Gasteiger charge is -2.23. The van der Waals surface area contributed by atoms with Gasteiger partial charge in [0.1, 0.15) is 4.90 Å². The van der Waals surface area contributed by atoms with E-state index in [1.807, 2.05) is 12.1 Å². The second-order valence-corrected chi connectivity index (χ2v) is 8.78. The molecule has 0 heterocycles. The second-order valence-electron chi connectivity index (χ2n) is 7.10. The van der Waals surface area contributed by atoms with Gasteiger partial charge >= 0.3 is 0 Å². The van der Waals surface area contributed by atoms with Gasteiger partial charge in [-0.15, -0.1) is 0 Å². The Kier molecular flexibility index (Phi) is 4.31. The van der Waals surface area contributed by atoms with Crippen molar-refractivity contribution in [3.63, 3.8) is 0 Å². The van der Waals surface area contributed by atoms with Gasteiger partial charge in [-0.2, -0.15) is 0 Å². The summed E-state index contributed by atoms with van der Waals surface area (Å²) in [5.74, 6) is -4.66. The van der Waals surface area contributed by atoms with Crippen LogP contribution in [0.25, 0.3) is 0 Å². The molecule has 1 N–H and O–H groups in total. The summed E-state index contributed by atoms with van der Waals surface area (Å²) in [6.45, 7) is 0. The highest BCUT2D eigenvalue weighted by molar-refractivity contribution is 7.89. The molecule has 2 atom stereocenters. The first-order valence-electron chi connectivity index (χ1n) is 8.59. The average Bonchev–Trinajstić information content (AvgIpc) is 2.86. The molecule has 0 radical (unpaired) electrons. The lowest BCUT2D eigenvalue weighted by Crippen LogP contribution is -2.42. The van der Waals surface area contributed by atoms with Crippen molar-refractivity contribution in [3.8, 4) is 0 Å². The number of nitrogens with one attached hydrogen (secondary N) is 1. The van der Waals surface area contributed by atoms with Gasteiger partial charge in [0.15, 0.2) is 17.5 Å². The Morgan fingerprint density at radius 1 is 0.846 bits per heavy atom. The van der Waals surface area contributed by atoms with E-state index in [9.17, 15) is 21.6 Å². The van der Waals surface area contributed by atoms with Crippen molar-refractivity contribution >= 4 is 10.0 Å². The van der Waals surface area contributed by atoms with Gasteiger partial charge in [-0.1, -0.05) is 24.3 Å². The Morgan fingerprint density at radius 3 is 2.00 bits per heavy atom. The maximum Gasteiger partial charge on any atom is 0.243 e. The Bertz CT molecular complexity index is 928. The van der Waals surface area contributed by atoms with Crippen LogP contribution in [-0.2, 0) is 22.9 Å². The normalized spacial score (nSPS) is 25.0. The zero-order chi connectivity index (χ0) is 18.5. The third kappa shape index (κ3) is 2.93. The zero-order valence-corrected chi connectivity index (χ0v) is 14.7. The van der Waals surface area contributed by atoms with Crippen LogP contribution in [0.1, 0.15) is 24.0 Å². The van der Waals surface area contributed by atoms with Crippen molar-refractivity contribution in [1.29, 1.82) is 0 Å². The van der Waals surface area contributed by atoms with Crippen molar-refractivity contribution in [1.82, 2.24) is 4.72 Å². The number of hydrogen-bond acceptors (Lipinski definition) is 2. The predicted octanol–water partition coefficient (Wildman–Crippen LogP) is 3.58. The van der Waals surface area contributed by atoms with Crippen LogP contribution in [-0.4, -0.2) is 14.5 Å². The Balaban J connectivity index is 1.64. The molecule has 2 unspecified atom stereocenters. The highest BCUT2D eigenvalue weighted by atomic mass is 32.2. The largest absolute Gasteiger partial charge is 0.243 e. The van der Waals surface area contributed by atoms with E-state index in [2.05, 4.69) is 16.9 Å². The summed E-state index contributed by atoms with van der Waals surface area (Å²) < 4.78 is 68.4. The molecular weight excluding hydrogens is 363 g/mol. The molecule has 138 valence electrons. The monoisotopic (exact) mass is 381 g/mol. The van der Waals surface area contributed by atoms with Gasteiger partial charge < -0.3 is 0 Å². The molecular formula is C19H18F3NO2S. The van der Waals surface area contributed by atoms with E-state index in [0.717, 1.165) is 31.7 Å². The van der Waals surface area contributed by atoms with E-state index >= 15 is 0 Å². The van der Waals surface area contributed by atoms with E-state index in [0.29, 0.717) is 6.07 Å². The third-order valence-corrected chi connectivity index (χ3v) is 7.06. The van der Waals surface area contributed by atoms with E-state index in [1.165, 1.54) is 11.1 Å². The molecule has 0 aliphatic heterocycles. The van der Waals surface area contributed by atoms with Gasteiger partial charge in [-0.05, 0) is 60.8 Å². The summed E-state index contributed by atoms with van der Waals surface area (Å²) in [5.41, 5.74) is 2.42. The maximum absolute atomic E-state index is 14.0. The quantitative estimate of drug-likeness (QED) is 0.826. The van der Waals surface area contributed by atoms with Crippen molar-refractivity contribution < 1.29 is 21.6 Å². The van der Waals surface area contributed by atoms with E-state index < -0.39 is 32.4 Å². The summed E-state index contributed by atoms with van der Waals surface area (Å²) in [5, 5.41) is 0. The maximum atomic E-state index is 14.0. The summed E-state index contributed by atoms with van der Waals surface area (Å²) in [6.07, 6.45) is 3.26. The van der Waals surface area contributed by atoms with Crippen molar-refractivity contribution in [3.05, 3.63) is 65.0 Å². The molecule has 3 nitrogen and oxygen atoms in total. The number of rotatable bonds is 3. The summed E-state index contributed by atoms with van der Waals surface area (Å²) in [4.78, 5) is -0.849. The molecule has 0 amide bonds. The predicted molar refractivity (Wildman–Crippen MR) is 90.5 cm³/mol. The lowest BCUT2D eigenvalue weighted by molar-refractivity contribution is 0.383. The van der Waals surface area contributed by atoms with Gasteiger partial charge in [0.05, 0.1) is 0 Å². The minimum atomic E-state index is -4.29. The van der Waals surface area contributed by atoms with Crippen LogP contribution in [0.4, 0.5) is 13.2 Å². The summed E-state index contributed by atoms with van der Waals surface area (Å²) in [6, 6.07) is 9.09. The third-order valence-electron chi connectivity index (χ3n) is 5.59. The molecule has 7 heteroatoms. The molecule has 26 heavy (non-hydrogen) atoms. The first-order valence-corrected chi connectivity index (χ1v) is 10.1. The van der Waals surface area contributed by atoms with Crippen molar-refractivity contribution in [2.24, 2.45) is 11.8 Å². The van der Waals surface area contributed by atoms with E-state index in [4.69, 9.17) is 0 Å². The molecule has 2 aliphatic carbocycles. The minimum absolute atomic E-state index is 0.104. The lowest BCUT2D eigenvalue weighted by atomic mass is 9.94. The first kappa shape index (κ1) is 17.5. The molecule has 2 aliphatic rings. The SMILES string of the molecule is O=S(=O)(NC1C2CCC1Cc1ccccc1C2)c1ccc(F)c(F)c1F. The Morgan fingerprint density at radius 2 is 1.42 bits per heavy atom. The second kappa shape index (κ2) is 6.39. The molecule has 1 fully saturated rings. The molecule has 2 bridgehead atoms. The van der Waals surface area contributed by atoms with Crippen LogP contribution in [0, 0.1) is 29.3 Å². The number of hydrogen-bond donors (Lipinski definition) is 1. The Hall–Kier alpha value is -1.86. The van der Waals surface area contributed by atoms with E-state index in [-0.39, 0.29) is 17.9 Å². The number of halogens is 3. The first-order chi connectivity index (χ1) is 12.4. The molecule has 2 aromatic carbocycles. The van der Waals surface area contributed by atoms with Gasteiger partial charge in [-0.25, -0.2) is 26.3 Å². The fourth-order valence-electron chi connectivity index (χ4n) is 4.30. The molecule has 2 aromatic rings. The van der Waals surface area contributed by atoms with Crippen LogP contribution in [0.15, 0.2) is 41.3 Å². The van der Waals surface area contributed by atoms with Gasteiger partial charge in [0.25, 0.3) is 0 Å². The zero-order valence-electron chi connectivity index (χ0n) is 13.9. The average molecular weight is 381 g/mol. The molecule has 0 aromatic heterocycles.